The molecule has 9 heteroatoms. The summed E-state index contributed by atoms with van der Waals surface area (Å²) in [6.07, 6.45) is -0.324. The largest absolute Gasteiger partial charge is 0.477 e. The van der Waals surface area contributed by atoms with E-state index in [1.54, 1.807) is 6.92 Å². The molecule has 0 aromatic carbocycles. The Bertz CT molecular complexity index is 527. The number of carbonyl (C=O) groups excluding carboxylic acids is 1. The third-order valence-electron chi connectivity index (χ3n) is 3.55. The lowest BCUT2D eigenvalue weighted by Gasteiger charge is -2.44. The number of fused-ring (bicyclic) bond motifs is 1. The fraction of sp³-hybridized carbons (Fsp3) is 0.583. The van der Waals surface area contributed by atoms with Gasteiger partial charge in [-0.2, -0.15) is 0 Å². The highest BCUT2D eigenvalue weighted by atomic mass is 32.2. The molecule has 0 radical (unpaired) electrons. The molecule has 2 aliphatic heterocycles. The molecular formula is C12H18N4O4S. The second kappa shape index (κ2) is 5.94. The second-order valence-electron chi connectivity index (χ2n) is 4.98. The van der Waals surface area contributed by atoms with Gasteiger partial charge in [0.1, 0.15) is 5.70 Å². The Kier molecular flexibility index (Phi) is 4.43. The van der Waals surface area contributed by atoms with Crippen LogP contribution < -0.4 is 11.5 Å². The van der Waals surface area contributed by atoms with Crippen molar-refractivity contribution in [2.45, 2.75) is 25.5 Å². The fourth-order valence-corrected chi connectivity index (χ4v) is 3.74. The van der Waals surface area contributed by atoms with Crippen molar-refractivity contribution >= 4 is 29.6 Å². The van der Waals surface area contributed by atoms with Gasteiger partial charge in [0.25, 0.3) is 0 Å². The summed E-state index contributed by atoms with van der Waals surface area (Å²) < 4.78 is 0. The molecule has 1 amide bonds. The molecule has 8 nitrogen and oxygen atoms in total. The number of guanidine groups is 1. The summed E-state index contributed by atoms with van der Waals surface area (Å²) in [7, 11) is 0. The number of aliphatic imine (C=N–C) groups is 1. The number of rotatable bonds is 6. The second-order valence-corrected chi connectivity index (χ2v) is 6.17. The molecule has 0 aromatic rings. The van der Waals surface area contributed by atoms with Gasteiger partial charge < -0.3 is 26.6 Å². The minimum absolute atomic E-state index is 0.0115. The van der Waals surface area contributed by atoms with Gasteiger partial charge in [-0.1, -0.05) is 0 Å². The van der Waals surface area contributed by atoms with Gasteiger partial charge in [0.15, 0.2) is 5.96 Å². The first-order chi connectivity index (χ1) is 9.84. The van der Waals surface area contributed by atoms with Crippen LogP contribution >= 0.6 is 11.8 Å². The zero-order valence-electron chi connectivity index (χ0n) is 11.5. The van der Waals surface area contributed by atoms with Crippen molar-refractivity contribution in [3.63, 3.8) is 0 Å². The highest BCUT2D eigenvalue weighted by Gasteiger charge is 2.56. The number of nitrogens with zero attached hydrogens (tertiary/aromatic N) is 2. The van der Waals surface area contributed by atoms with Gasteiger partial charge in [0.05, 0.1) is 24.6 Å². The molecule has 6 N–H and O–H groups in total. The molecule has 116 valence electrons. The summed E-state index contributed by atoms with van der Waals surface area (Å²) in [6, 6.07) is -0.255. The first-order valence-corrected chi connectivity index (χ1v) is 7.49. The monoisotopic (exact) mass is 314 g/mol. The summed E-state index contributed by atoms with van der Waals surface area (Å²) in [5.74, 6) is -1.46. The molecule has 0 aliphatic carbocycles. The van der Waals surface area contributed by atoms with E-state index in [-0.39, 0.29) is 23.6 Å². The van der Waals surface area contributed by atoms with E-state index < -0.39 is 18.0 Å². The number of amides is 1. The number of nitrogens with two attached hydrogens (primary N) is 2. The average Bonchev–Trinajstić information content (AvgIpc) is 2.68. The maximum atomic E-state index is 12.0. The van der Waals surface area contributed by atoms with Crippen molar-refractivity contribution in [1.29, 1.82) is 0 Å². The number of carboxylic acids is 1. The lowest BCUT2D eigenvalue weighted by atomic mass is 9.83. The predicted molar refractivity (Wildman–Crippen MR) is 78.2 cm³/mol. The SMILES string of the molecule is C[C@@H](O)[C@H]1C(=O)N2C(C(=O)O)=C(SCCN=C(N)N)C[C@H]12. The van der Waals surface area contributed by atoms with Crippen LogP contribution in [0.1, 0.15) is 13.3 Å². The van der Waals surface area contributed by atoms with Gasteiger partial charge in [-0.05, 0) is 6.92 Å². The molecule has 0 spiro atoms. The van der Waals surface area contributed by atoms with E-state index in [2.05, 4.69) is 4.99 Å². The lowest BCUT2D eigenvalue weighted by Crippen LogP contribution is -2.61. The van der Waals surface area contributed by atoms with E-state index in [1.165, 1.54) is 16.7 Å². The minimum atomic E-state index is -1.13. The highest BCUT2D eigenvalue weighted by molar-refractivity contribution is 8.03. The summed E-state index contributed by atoms with van der Waals surface area (Å²) in [6.45, 7) is 1.92. The van der Waals surface area contributed by atoms with Crippen LogP contribution in [0.4, 0.5) is 0 Å². The molecule has 0 bridgehead atoms. The summed E-state index contributed by atoms with van der Waals surface area (Å²) in [5, 5.41) is 18.9. The zero-order chi connectivity index (χ0) is 15.7. The average molecular weight is 314 g/mol. The Hall–Kier alpha value is -1.74. The van der Waals surface area contributed by atoms with Crippen LogP contribution in [-0.2, 0) is 9.59 Å². The topological polar surface area (TPSA) is 142 Å². The van der Waals surface area contributed by atoms with E-state index in [1.807, 2.05) is 0 Å². The van der Waals surface area contributed by atoms with Crippen molar-refractivity contribution in [2.24, 2.45) is 22.4 Å². The maximum Gasteiger partial charge on any atom is 0.353 e. The molecule has 3 atom stereocenters. The van der Waals surface area contributed by atoms with E-state index in [9.17, 15) is 19.8 Å². The summed E-state index contributed by atoms with van der Waals surface area (Å²) in [4.78, 5) is 29.1. The molecule has 1 fully saturated rings. The van der Waals surface area contributed by atoms with Crippen LogP contribution in [0.3, 0.4) is 0 Å². The van der Waals surface area contributed by atoms with Crippen molar-refractivity contribution < 1.29 is 19.8 Å². The van der Waals surface area contributed by atoms with E-state index in [0.717, 1.165) is 0 Å². The number of hydrogen-bond donors (Lipinski definition) is 4. The maximum absolute atomic E-state index is 12.0. The van der Waals surface area contributed by atoms with Crippen molar-refractivity contribution in [3.05, 3.63) is 10.6 Å². The minimum Gasteiger partial charge on any atom is -0.477 e. The van der Waals surface area contributed by atoms with Crippen molar-refractivity contribution in [2.75, 3.05) is 12.3 Å². The molecular weight excluding hydrogens is 296 g/mol. The third-order valence-corrected chi connectivity index (χ3v) is 4.65. The quantitative estimate of drug-likeness (QED) is 0.211. The van der Waals surface area contributed by atoms with Crippen LogP contribution in [0.25, 0.3) is 0 Å². The van der Waals surface area contributed by atoms with Crippen LogP contribution in [-0.4, -0.2) is 57.4 Å². The van der Waals surface area contributed by atoms with Gasteiger partial charge in [-0.15, -0.1) is 11.8 Å². The van der Waals surface area contributed by atoms with E-state index in [0.29, 0.717) is 23.6 Å². The fourth-order valence-electron chi connectivity index (χ4n) is 2.70. The highest BCUT2D eigenvalue weighted by Crippen LogP contribution is 2.46. The molecule has 2 rings (SSSR count). The molecule has 2 heterocycles. The Morgan fingerprint density at radius 3 is 2.76 bits per heavy atom. The van der Waals surface area contributed by atoms with Gasteiger partial charge >= 0.3 is 5.97 Å². The molecule has 1 saturated heterocycles. The van der Waals surface area contributed by atoms with Gasteiger partial charge in [-0.3, -0.25) is 9.79 Å². The van der Waals surface area contributed by atoms with Crippen molar-refractivity contribution in [1.82, 2.24) is 4.90 Å². The standard InChI is InChI=1S/C12H18N4O4S/c1-5(17)8-6-4-7(21-3-2-15-12(13)14)9(11(19)20)16(6)10(8)18/h5-6,8,17H,2-4H2,1H3,(H,19,20)(H4,13,14,15)/t5-,6-,8-/m1/s1. The number of aliphatic hydroxyl groups excluding tert-OH is 1. The molecule has 0 saturated carbocycles. The number of carboxylic acid groups (broad SMARTS) is 1. The Morgan fingerprint density at radius 1 is 1.57 bits per heavy atom. The first-order valence-electron chi connectivity index (χ1n) is 6.50. The number of β-lactam (4-membered cyclic amide) rings is 1. The summed E-state index contributed by atoms with van der Waals surface area (Å²) in [5.41, 5.74) is 10.5. The first kappa shape index (κ1) is 15.6. The third kappa shape index (κ3) is 2.84. The molecule has 2 aliphatic rings. The van der Waals surface area contributed by atoms with Crippen LogP contribution in [0.2, 0.25) is 0 Å². The molecule has 0 unspecified atom stereocenters. The number of aliphatic carboxylic acids is 1. The van der Waals surface area contributed by atoms with Crippen molar-refractivity contribution in [3.8, 4) is 0 Å². The number of thioether (sulfide) groups is 1. The molecule has 21 heavy (non-hydrogen) atoms. The zero-order valence-corrected chi connectivity index (χ0v) is 12.3. The molecule has 0 aromatic heterocycles. The van der Waals surface area contributed by atoms with Crippen LogP contribution in [0.15, 0.2) is 15.6 Å². The Morgan fingerprint density at radius 2 is 2.24 bits per heavy atom. The van der Waals surface area contributed by atoms with Crippen LogP contribution in [0.5, 0.6) is 0 Å². The predicted octanol–water partition coefficient (Wildman–Crippen LogP) is -1.10. The Labute approximate surface area is 125 Å². The Balaban J connectivity index is 2.08. The van der Waals surface area contributed by atoms with Gasteiger partial charge in [-0.25, -0.2) is 4.79 Å². The van der Waals surface area contributed by atoms with E-state index in [4.69, 9.17) is 11.5 Å². The number of hydrogen-bond acceptors (Lipinski definition) is 5. The lowest BCUT2D eigenvalue weighted by molar-refractivity contribution is -0.161. The summed E-state index contributed by atoms with van der Waals surface area (Å²) >= 11 is 1.33. The normalized spacial score (nSPS) is 25.4. The van der Waals surface area contributed by atoms with E-state index >= 15 is 0 Å². The smallest absolute Gasteiger partial charge is 0.353 e. The van der Waals surface area contributed by atoms with Gasteiger partial charge in [0, 0.05) is 17.1 Å². The van der Waals surface area contributed by atoms with Gasteiger partial charge in [0.2, 0.25) is 5.91 Å². The number of aliphatic hydroxyl groups is 1. The number of carbonyl (C=O) groups is 2. The van der Waals surface area contributed by atoms with Crippen LogP contribution in [0, 0.1) is 5.92 Å².